The molecule has 2 rings (SSSR count). The van der Waals surface area contributed by atoms with E-state index < -0.39 is 0 Å². The predicted molar refractivity (Wildman–Crippen MR) is 61.9 cm³/mol. The monoisotopic (exact) mass is 188 g/mol. The summed E-state index contributed by atoms with van der Waals surface area (Å²) in [5.74, 6) is 1.57. The molecule has 1 aliphatic carbocycles. The number of rotatable bonds is 3. The predicted octanol–water partition coefficient (Wildman–Crippen LogP) is 4.25. The van der Waals surface area contributed by atoms with Crippen LogP contribution in [0.1, 0.15) is 62.1 Å². The van der Waals surface area contributed by atoms with Crippen LogP contribution in [0.2, 0.25) is 0 Å². The van der Waals surface area contributed by atoms with Gasteiger partial charge in [0.05, 0.1) is 0 Å². The van der Waals surface area contributed by atoms with Crippen molar-refractivity contribution in [3.63, 3.8) is 0 Å². The van der Waals surface area contributed by atoms with Crippen LogP contribution in [0.25, 0.3) is 0 Å². The molecule has 1 saturated carbocycles. The normalized spacial score (nSPS) is 16.3. The average molecular weight is 188 g/mol. The van der Waals surface area contributed by atoms with E-state index in [1.807, 2.05) is 0 Å². The number of hydrogen-bond acceptors (Lipinski definition) is 0. The summed E-state index contributed by atoms with van der Waals surface area (Å²) in [4.78, 5) is 0. The van der Waals surface area contributed by atoms with Gasteiger partial charge in [0.1, 0.15) is 0 Å². The minimum atomic E-state index is 0.682. The number of aryl methyl sites for hydroxylation is 1. The third-order valence-electron chi connectivity index (χ3n) is 3.21. The Morgan fingerprint density at radius 1 is 1.29 bits per heavy atom. The van der Waals surface area contributed by atoms with Gasteiger partial charge in [-0.15, -0.1) is 0 Å². The molecule has 0 saturated heterocycles. The number of hydrogen-bond donors (Lipinski definition) is 0. The van der Waals surface area contributed by atoms with Gasteiger partial charge < -0.3 is 0 Å². The summed E-state index contributed by atoms with van der Waals surface area (Å²) in [5.41, 5.74) is 4.83. The van der Waals surface area contributed by atoms with Crippen LogP contribution in [0.15, 0.2) is 18.2 Å². The first-order valence-corrected chi connectivity index (χ1v) is 5.85. The van der Waals surface area contributed by atoms with Crippen LogP contribution in [-0.4, -0.2) is 0 Å². The Labute approximate surface area is 87.3 Å². The zero-order valence-corrected chi connectivity index (χ0v) is 9.51. The van der Waals surface area contributed by atoms with Gasteiger partial charge in [0.15, 0.2) is 0 Å². The van der Waals surface area contributed by atoms with Gasteiger partial charge in [-0.05, 0) is 47.8 Å². The molecule has 0 heteroatoms. The van der Waals surface area contributed by atoms with E-state index in [4.69, 9.17) is 0 Å². The summed E-state index contributed by atoms with van der Waals surface area (Å²) in [5, 5.41) is 0. The van der Waals surface area contributed by atoms with Gasteiger partial charge >= 0.3 is 0 Å². The third kappa shape index (κ3) is 1.70. The average Bonchev–Trinajstić information content (AvgIpc) is 2.99. The van der Waals surface area contributed by atoms with Gasteiger partial charge in [-0.25, -0.2) is 0 Å². The highest BCUT2D eigenvalue weighted by Gasteiger charge is 2.27. The summed E-state index contributed by atoms with van der Waals surface area (Å²) in [7, 11) is 0. The van der Waals surface area contributed by atoms with Crippen molar-refractivity contribution < 1.29 is 0 Å². The molecule has 1 aromatic carbocycles. The molecule has 1 aliphatic rings. The van der Waals surface area contributed by atoms with E-state index in [9.17, 15) is 0 Å². The first-order chi connectivity index (χ1) is 6.74. The highest BCUT2D eigenvalue weighted by Crippen LogP contribution is 2.44. The van der Waals surface area contributed by atoms with Crippen molar-refractivity contribution in [1.82, 2.24) is 0 Å². The summed E-state index contributed by atoms with van der Waals surface area (Å²) >= 11 is 0. The quantitative estimate of drug-likeness (QED) is 0.665. The molecule has 0 spiro atoms. The Bertz CT molecular complexity index is 319. The zero-order valence-electron chi connectivity index (χ0n) is 9.51. The van der Waals surface area contributed by atoms with Gasteiger partial charge in [0.25, 0.3) is 0 Å². The van der Waals surface area contributed by atoms with E-state index in [1.165, 1.54) is 19.3 Å². The molecule has 1 fully saturated rings. The summed E-state index contributed by atoms with van der Waals surface area (Å²) in [6, 6.07) is 6.87. The van der Waals surface area contributed by atoms with Gasteiger partial charge in [-0.2, -0.15) is 0 Å². The van der Waals surface area contributed by atoms with Crippen molar-refractivity contribution in [2.45, 2.75) is 51.9 Å². The maximum absolute atomic E-state index is 2.34. The SMILES string of the molecule is CCc1cccc(C2CC2)c1C(C)C. The highest BCUT2D eigenvalue weighted by molar-refractivity contribution is 5.41. The van der Waals surface area contributed by atoms with E-state index in [0.717, 1.165) is 5.92 Å². The zero-order chi connectivity index (χ0) is 10.1. The molecular formula is C14H20. The van der Waals surface area contributed by atoms with E-state index in [0.29, 0.717) is 5.92 Å². The Kier molecular flexibility index (Phi) is 2.62. The Balaban J connectivity index is 2.46. The van der Waals surface area contributed by atoms with Crippen LogP contribution in [0.4, 0.5) is 0 Å². The topological polar surface area (TPSA) is 0 Å². The lowest BCUT2D eigenvalue weighted by molar-refractivity contribution is 0.820. The van der Waals surface area contributed by atoms with Crippen LogP contribution in [0, 0.1) is 0 Å². The molecule has 14 heavy (non-hydrogen) atoms. The molecule has 0 radical (unpaired) electrons. The van der Waals surface area contributed by atoms with E-state index in [2.05, 4.69) is 39.0 Å². The lowest BCUT2D eigenvalue weighted by Gasteiger charge is -2.16. The number of benzene rings is 1. The van der Waals surface area contributed by atoms with Gasteiger partial charge in [-0.3, -0.25) is 0 Å². The van der Waals surface area contributed by atoms with Crippen molar-refractivity contribution in [3.8, 4) is 0 Å². The molecule has 0 amide bonds. The van der Waals surface area contributed by atoms with Gasteiger partial charge in [0, 0.05) is 0 Å². The highest BCUT2D eigenvalue weighted by atomic mass is 14.3. The molecule has 0 atom stereocenters. The molecule has 0 unspecified atom stereocenters. The lowest BCUT2D eigenvalue weighted by atomic mass is 9.89. The minimum absolute atomic E-state index is 0.682. The molecule has 0 bridgehead atoms. The van der Waals surface area contributed by atoms with Crippen molar-refractivity contribution in [2.75, 3.05) is 0 Å². The largest absolute Gasteiger partial charge is 0.0617 e. The third-order valence-corrected chi connectivity index (χ3v) is 3.21. The smallest absolute Gasteiger partial charge is 0.0159 e. The first-order valence-electron chi connectivity index (χ1n) is 5.85. The maximum Gasteiger partial charge on any atom is -0.0159 e. The lowest BCUT2D eigenvalue weighted by Crippen LogP contribution is -2.00. The van der Waals surface area contributed by atoms with Gasteiger partial charge in [0.2, 0.25) is 0 Å². The first kappa shape index (κ1) is 9.76. The van der Waals surface area contributed by atoms with Crippen molar-refractivity contribution in [1.29, 1.82) is 0 Å². The Morgan fingerprint density at radius 2 is 2.00 bits per heavy atom. The van der Waals surface area contributed by atoms with E-state index >= 15 is 0 Å². The van der Waals surface area contributed by atoms with Crippen LogP contribution < -0.4 is 0 Å². The van der Waals surface area contributed by atoms with Crippen LogP contribution in [-0.2, 0) is 6.42 Å². The van der Waals surface area contributed by atoms with E-state index in [1.54, 1.807) is 16.7 Å². The molecule has 0 aliphatic heterocycles. The van der Waals surface area contributed by atoms with E-state index in [-0.39, 0.29) is 0 Å². The molecule has 1 aromatic rings. The fourth-order valence-corrected chi connectivity index (χ4v) is 2.40. The van der Waals surface area contributed by atoms with Crippen LogP contribution in [0.3, 0.4) is 0 Å². The molecule has 0 heterocycles. The summed E-state index contributed by atoms with van der Waals surface area (Å²) in [6.07, 6.45) is 3.99. The molecule has 0 aromatic heterocycles. The minimum Gasteiger partial charge on any atom is -0.0617 e. The fraction of sp³-hybridized carbons (Fsp3) is 0.571. The van der Waals surface area contributed by atoms with Crippen LogP contribution in [0.5, 0.6) is 0 Å². The van der Waals surface area contributed by atoms with Crippen molar-refractivity contribution in [3.05, 3.63) is 34.9 Å². The van der Waals surface area contributed by atoms with Crippen LogP contribution >= 0.6 is 0 Å². The van der Waals surface area contributed by atoms with Crippen molar-refractivity contribution >= 4 is 0 Å². The second-order valence-corrected chi connectivity index (χ2v) is 4.70. The Hall–Kier alpha value is -0.780. The second-order valence-electron chi connectivity index (χ2n) is 4.70. The van der Waals surface area contributed by atoms with Gasteiger partial charge in [-0.1, -0.05) is 39.0 Å². The van der Waals surface area contributed by atoms with Crippen molar-refractivity contribution in [2.24, 2.45) is 0 Å². The summed E-state index contributed by atoms with van der Waals surface area (Å²) < 4.78 is 0. The maximum atomic E-state index is 2.34. The Morgan fingerprint density at radius 3 is 2.50 bits per heavy atom. The fourth-order valence-electron chi connectivity index (χ4n) is 2.40. The molecule has 0 N–H and O–H groups in total. The molecule has 0 nitrogen and oxygen atoms in total. The second kappa shape index (κ2) is 3.76. The summed E-state index contributed by atoms with van der Waals surface area (Å²) in [6.45, 7) is 6.90. The molecular weight excluding hydrogens is 168 g/mol. The standard InChI is InChI=1S/C14H20/c1-4-11-6-5-7-13(12-8-9-12)14(11)10(2)3/h5-7,10,12H,4,8-9H2,1-3H3. The molecule has 76 valence electrons.